The summed E-state index contributed by atoms with van der Waals surface area (Å²) in [6.07, 6.45) is 2.46. The molecule has 25 heavy (non-hydrogen) atoms. The fourth-order valence-corrected chi connectivity index (χ4v) is 2.58. The molecular formula is C16H16N2O7. The van der Waals surface area contributed by atoms with Crippen molar-refractivity contribution in [3.63, 3.8) is 0 Å². The molecular weight excluding hydrogens is 332 g/mol. The Balaban J connectivity index is 2.95. The van der Waals surface area contributed by atoms with Crippen LogP contribution in [-0.2, 0) is 21.3 Å². The first-order chi connectivity index (χ1) is 11.9. The van der Waals surface area contributed by atoms with Crippen LogP contribution in [0.2, 0.25) is 0 Å². The molecule has 9 nitrogen and oxygen atoms in total. The number of ether oxygens (including phenoxy) is 3. The third kappa shape index (κ3) is 3.03. The number of rotatable bonds is 5. The molecule has 0 N–H and O–H groups in total. The summed E-state index contributed by atoms with van der Waals surface area (Å²) in [5.74, 6) is -1.39. The minimum absolute atomic E-state index is 0.0109. The summed E-state index contributed by atoms with van der Waals surface area (Å²) in [5, 5.41) is 11.6. The Labute approximate surface area is 142 Å². The molecule has 2 rings (SSSR count). The van der Waals surface area contributed by atoms with E-state index in [2.05, 4.69) is 4.74 Å². The summed E-state index contributed by atoms with van der Waals surface area (Å²) in [4.78, 5) is 34.6. The molecule has 1 heterocycles. The molecule has 0 aliphatic heterocycles. The highest BCUT2D eigenvalue weighted by atomic mass is 16.6. The summed E-state index contributed by atoms with van der Waals surface area (Å²) >= 11 is 0. The van der Waals surface area contributed by atoms with Crippen LogP contribution in [0.5, 0.6) is 5.75 Å². The van der Waals surface area contributed by atoms with Gasteiger partial charge in [0, 0.05) is 13.1 Å². The monoisotopic (exact) mass is 348 g/mol. The lowest BCUT2D eigenvalue weighted by atomic mass is 10.1. The molecule has 1 aromatic carbocycles. The van der Waals surface area contributed by atoms with Gasteiger partial charge in [-0.2, -0.15) is 0 Å². The predicted octanol–water partition coefficient (Wildman–Crippen LogP) is 2.07. The van der Waals surface area contributed by atoms with Crippen LogP contribution in [0.1, 0.15) is 16.1 Å². The molecule has 132 valence electrons. The van der Waals surface area contributed by atoms with Gasteiger partial charge in [-0.05, 0) is 18.2 Å². The van der Waals surface area contributed by atoms with Crippen molar-refractivity contribution in [2.45, 2.75) is 0 Å². The number of aromatic nitrogens is 1. The van der Waals surface area contributed by atoms with Crippen LogP contribution < -0.4 is 4.74 Å². The molecule has 0 unspecified atom stereocenters. The van der Waals surface area contributed by atoms with Gasteiger partial charge in [0.15, 0.2) is 5.75 Å². The molecule has 0 fully saturated rings. The summed E-state index contributed by atoms with van der Waals surface area (Å²) < 4.78 is 15.9. The lowest BCUT2D eigenvalue weighted by Gasteiger charge is -2.04. The molecule has 1 aromatic heterocycles. The van der Waals surface area contributed by atoms with E-state index in [4.69, 9.17) is 9.47 Å². The third-order valence-electron chi connectivity index (χ3n) is 3.72. The first-order valence-corrected chi connectivity index (χ1v) is 7.05. The number of esters is 2. The second-order valence-electron chi connectivity index (χ2n) is 4.93. The van der Waals surface area contributed by atoms with E-state index in [9.17, 15) is 19.7 Å². The van der Waals surface area contributed by atoms with Gasteiger partial charge in [0.1, 0.15) is 0 Å². The van der Waals surface area contributed by atoms with Crippen LogP contribution in [0.15, 0.2) is 18.2 Å². The quantitative estimate of drug-likeness (QED) is 0.352. The summed E-state index contributed by atoms with van der Waals surface area (Å²) in [7, 11) is 5.29. The first kappa shape index (κ1) is 18.0. The Morgan fingerprint density at radius 2 is 1.88 bits per heavy atom. The van der Waals surface area contributed by atoms with Gasteiger partial charge in [-0.3, -0.25) is 10.1 Å². The number of hydrogen-bond acceptors (Lipinski definition) is 7. The number of nitrogens with zero attached hydrogens (tertiary/aromatic N) is 2. The van der Waals surface area contributed by atoms with Crippen LogP contribution in [0, 0.1) is 10.1 Å². The lowest BCUT2D eigenvalue weighted by Crippen LogP contribution is -2.05. The molecule has 0 radical (unpaired) electrons. The number of carbonyl (C=O) groups is 2. The Morgan fingerprint density at radius 3 is 2.40 bits per heavy atom. The van der Waals surface area contributed by atoms with E-state index in [1.807, 2.05) is 0 Å². The van der Waals surface area contributed by atoms with E-state index in [-0.39, 0.29) is 28.1 Å². The van der Waals surface area contributed by atoms with Crippen LogP contribution in [0.4, 0.5) is 5.69 Å². The molecule has 0 saturated heterocycles. The van der Waals surface area contributed by atoms with Gasteiger partial charge < -0.3 is 18.8 Å². The second kappa shape index (κ2) is 7.04. The van der Waals surface area contributed by atoms with Gasteiger partial charge in [0.05, 0.1) is 48.4 Å². The van der Waals surface area contributed by atoms with E-state index in [1.54, 1.807) is 17.7 Å². The smallest absolute Gasteiger partial charge is 0.340 e. The minimum atomic E-state index is -0.772. The summed E-state index contributed by atoms with van der Waals surface area (Å²) in [5.41, 5.74) is 0.292. The molecule has 0 atom stereocenters. The van der Waals surface area contributed by atoms with Crippen LogP contribution in [0.3, 0.4) is 0 Å². The zero-order chi connectivity index (χ0) is 18.7. The SMILES string of the molecule is COC(=O)C=Cc1c(C(=O)OC)c2c([N+](=O)[O-])c(OC)ccc2n1C. The molecule has 2 aromatic rings. The fourth-order valence-electron chi connectivity index (χ4n) is 2.58. The number of fused-ring (bicyclic) bond motifs is 1. The normalized spacial score (nSPS) is 10.9. The number of nitro groups is 1. The van der Waals surface area contributed by atoms with Crippen molar-refractivity contribution in [2.75, 3.05) is 21.3 Å². The molecule has 0 bridgehead atoms. The first-order valence-electron chi connectivity index (χ1n) is 7.05. The molecule has 0 aliphatic carbocycles. The van der Waals surface area contributed by atoms with Crippen molar-refractivity contribution in [1.29, 1.82) is 0 Å². The Kier molecular flexibility index (Phi) is 5.06. The van der Waals surface area contributed by atoms with Crippen LogP contribution in [-0.4, -0.2) is 42.8 Å². The zero-order valence-corrected chi connectivity index (χ0v) is 14.1. The van der Waals surface area contributed by atoms with Crippen molar-refractivity contribution >= 4 is 34.6 Å². The van der Waals surface area contributed by atoms with E-state index >= 15 is 0 Å². The fraction of sp³-hybridized carbons (Fsp3) is 0.250. The van der Waals surface area contributed by atoms with Crippen molar-refractivity contribution in [2.24, 2.45) is 7.05 Å². The van der Waals surface area contributed by atoms with Crippen LogP contribution >= 0.6 is 0 Å². The van der Waals surface area contributed by atoms with Crippen molar-refractivity contribution < 1.29 is 28.7 Å². The minimum Gasteiger partial charge on any atom is -0.490 e. The number of nitro benzene ring substituents is 1. The van der Waals surface area contributed by atoms with E-state index in [0.717, 1.165) is 6.08 Å². The topological polar surface area (TPSA) is 110 Å². The van der Waals surface area contributed by atoms with E-state index in [1.165, 1.54) is 33.5 Å². The largest absolute Gasteiger partial charge is 0.490 e. The van der Waals surface area contributed by atoms with Gasteiger partial charge in [-0.25, -0.2) is 9.59 Å². The molecule has 0 amide bonds. The highest BCUT2D eigenvalue weighted by molar-refractivity contribution is 6.12. The summed E-state index contributed by atoms with van der Waals surface area (Å²) in [6.45, 7) is 0. The van der Waals surface area contributed by atoms with Crippen LogP contribution in [0.25, 0.3) is 17.0 Å². The maximum absolute atomic E-state index is 12.3. The number of carbonyl (C=O) groups excluding carboxylic acids is 2. The molecule has 0 saturated carbocycles. The average Bonchev–Trinajstić information content (AvgIpc) is 2.89. The van der Waals surface area contributed by atoms with Gasteiger partial charge in [-0.15, -0.1) is 0 Å². The van der Waals surface area contributed by atoms with Gasteiger partial charge in [-0.1, -0.05) is 0 Å². The zero-order valence-electron chi connectivity index (χ0n) is 14.1. The average molecular weight is 348 g/mol. The maximum Gasteiger partial charge on any atom is 0.340 e. The number of aryl methyl sites for hydroxylation is 1. The number of benzene rings is 1. The van der Waals surface area contributed by atoms with Crippen molar-refractivity contribution in [3.8, 4) is 5.75 Å². The van der Waals surface area contributed by atoms with E-state index < -0.39 is 16.9 Å². The van der Waals surface area contributed by atoms with Gasteiger partial charge >= 0.3 is 17.6 Å². The second-order valence-corrected chi connectivity index (χ2v) is 4.93. The maximum atomic E-state index is 12.3. The van der Waals surface area contributed by atoms with Gasteiger partial charge in [0.25, 0.3) is 0 Å². The highest BCUT2D eigenvalue weighted by Gasteiger charge is 2.30. The number of hydrogen-bond donors (Lipinski definition) is 0. The number of methoxy groups -OCH3 is 3. The summed E-state index contributed by atoms with van der Waals surface area (Å²) in [6, 6.07) is 3.03. The van der Waals surface area contributed by atoms with Gasteiger partial charge in [0.2, 0.25) is 0 Å². The third-order valence-corrected chi connectivity index (χ3v) is 3.72. The Hall–Kier alpha value is -3.36. The molecule has 0 spiro atoms. The predicted molar refractivity (Wildman–Crippen MR) is 88.5 cm³/mol. The van der Waals surface area contributed by atoms with Crippen molar-refractivity contribution in [1.82, 2.24) is 4.57 Å². The lowest BCUT2D eigenvalue weighted by molar-refractivity contribution is -0.384. The molecule has 9 heteroatoms. The standard InChI is InChI=1S/C16H16N2O7/c1-17-9-5-7-11(23-2)15(18(21)22)13(9)14(16(20)25-4)10(17)6-8-12(19)24-3/h5-8H,1-4H3. The Morgan fingerprint density at radius 1 is 1.20 bits per heavy atom. The van der Waals surface area contributed by atoms with E-state index in [0.29, 0.717) is 5.52 Å². The Bertz CT molecular complexity index is 896. The highest BCUT2D eigenvalue weighted by Crippen LogP contribution is 2.40. The van der Waals surface area contributed by atoms with Crippen molar-refractivity contribution in [3.05, 3.63) is 39.6 Å². The molecule has 0 aliphatic rings.